The molecule has 0 bridgehead atoms. The van der Waals surface area contributed by atoms with Crippen molar-refractivity contribution in [3.63, 3.8) is 0 Å². The molecule has 0 radical (unpaired) electrons. The molecule has 17 heavy (non-hydrogen) atoms. The van der Waals surface area contributed by atoms with Crippen LogP contribution in [0, 0.1) is 11.3 Å². The van der Waals surface area contributed by atoms with Gasteiger partial charge in [-0.25, -0.2) is 4.79 Å². The predicted octanol–water partition coefficient (Wildman–Crippen LogP) is 1.48. The lowest BCUT2D eigenvalue weighted by Crippen LogP contribution is -2.49. The van der Waals surface area contributed by atoms with Crippen LogP contribution >= 0.6 is 0 Å². The van der Waals surface area contributed by atoms with Gasteiger partial charge in [0.05, 0.1) is 5.84 Å². The van der Waals surface area contributed by atoms with Gasteiger partial charge in [-0.15, -0.1) is 0 Å². The van der Waals surface area contributed by atoms with Gasteiger partial charge in [0.15, 0.2) is 0 Å². The summed E-state index contributed by atoms with van der Waals surface area (Å²) in [6.07, 6.45) is 2.73. The summed E-state index contributed by atoms with van der Waals surface area (Å²) in [4.78, 5) is 15.8. The number of carbonyl (C=O) groups excluding carboxylic acids is 1. The summed E-state index contributed by atoms with van der Waals surface area (Å²) in [5.41, 5.74) is 5.36. The molecular formula is C12H24N4O. The minimum absolute atomic E-state index is 0.0165. The maximum absolute atomic E-state index is 12.2. The van der Waals surface area contributed by atoms with Crippen LogP contribution in [0.2, 0.25) is 0 Å². The van der Waals surface area contributed by atoms with Crippen molar-refractivity contribution in [3.05, 3.63) is 0 Å². The molecule has 1 aliphatic heterocycles. The van der Waals surface area contributed by atoms with Crippen molar-refractivity contribution in [1.82, 2.24) is 9.80 Å². The van der Waals surface area contributed by atoms with Crippen molar-refractivity contribution in [2.45, 2.75) is 39.2 Å². The first-order valence-electron chi connectivity index (χ1n) is 6.26. The molecule has 0 spiro atoms. The third-order valence-electron chi connectivity index (χ3n) is 3.41. The van der Waals surface area contributed by atoms with Crippen LogP contribution in [0.3, 0.4) is 0 Å². The van der Waals surface area contributed by atoms with Crippen molar-refractivity contribution >= 4 is 11.9 Å². The molecule has 2 amide bonds. The van der Waals surface area contributed by atoms with Crippen LogP contribution in [-0.4, -0.2) is 47.8 Å². The summed E-state index contributed by atoms with van der Waals surface area (Å²) < 4.78 is 0. The molecule has 0 aromatic heterocycles. The van der Waals surface area contributed by atoms with E-state index < -0.39 is 0 Å². The Bertz CT molecular complexity index is 292. The minimum atomic E-state index is -0.0165. The topological polar surface area (TPSA) is 73.4 Å². The number of nitrogens with two attached hydrogens (primary N) is 1. The molecule has 1 aliphatic rings. The van der Waals surface area contributed by atoms with Crippen LogP contribution < -0.4 is 5.73 Å². The van der Waals surface area contributed by atoms with Crippen LogP contribution in [0.1, 0.15) is 33.1 Å². The molecule has 5 heteroatoms. The van der Waals surface area contributed by atoms with E-state index in [4.69, 9.17) is 11.1 Å². The molecule has 0 saturated carbocycles. The fourth-order valence-corrected chi connectivity index (χ4v) is 2.23. The van der Waals surface area contributed by atoms with Gasteiger partial charge in [-0.2, -0.15) is 0 Å². The molecule has 0 aromatic carbocycles. The van der Waals surface area contributed by atoms with Crippen LogP contribution in [0.15, 0.2) is 0 Å². The number of amides is 2. The second kappa shape index (κ2) is 5.89. The first-order chi connectivity index (χ1) is 7.91. The average molecular weight is 240 g/mol. The highest BCUT2D eigenvalue weighted by Gasteiger charge is 2.25. The molecule has 5 nitrogen and oxygen atoms in total. The van der Waals surface area contributed by atoms with E-state index >= 15 is 0 Å². The quantitative estimate of drug-likeness (QED) is 0.579. The third-order valence-corrected chi connectivity index (χ3v) is 3.41. The number of amidine groups is 1. The van der Waals surface area contributed by atoms with E-state index in [0.29, 0.717) is 12.3 Å². The molecular weight excluding hydrogens is 216 g/mol. The molecule has 1 rings (SSSR count). The number of nitrogens with zero attached hydrogens (tertiary/aromatic N) is 2. The fraction of sp³-hybridized carbons (Fsp3) is 0.833. The predicted molar refractivity (Wildman–Crippen MR) is 69.1 cm³/mol. The number of carbonyl (C=O) groups is 1. The molecule has 2 unspecified atom stereocenters. The van der Waals surface area contributed by atoms with E-state index in [9.17, 15) is 4.79 Å². The Labute approximate surface area is 103 Å². The Morgan fingerprint density at radius 1 is 1.65 bits per heavy atom. The van der Waals surface area contributed by atoms with E-state index in [1.165, 1.54) is 6.42 Å². The zero-order valence-corrected chi connectivity index (χ0v) is 11.1. The maximum atomic E-state index is 12.2. The van der Waals surface area contributed by atoms with Crippen molar-refractivity contribution in [3.8, 4) is 0 Å². The van der Waals surface area contributed by atoms with Gasteiger partial charge in [0.25, 0.3) is 0 Å². The highest BCUT2D eigenvalue weighted by atomic mass is 16.2. The van der Waals surface area contributed by atoms with Crippen molar-refractivity contribution in [1.29, 1.82) is 5.41 Å². The first-order valence-corrected chi connectivity index (χ1v) is 6.26. The summed E-state index contributed by atoms with van der Waals surface area (Å²) in [6.45, 7) is 5.79. The van der Waals surface area contributed by atoms with Crippen molar-refractivity contribution in [2.75, 3.05) is 20.1 Å². The van der Waals surface area contributed by atoms with Crippen LogP contribution in [0.5, 0.6) is 0 Å². The molecule has 0 aromatic rings. The molecule has 1 heterocycles. The minimum Gasteiger partial charge on any atom is -0.388 e. The summed E-state index contributed by atoms with van der Waals surface area (Å²) >= 11 is 0. The normalized spacial score (nSPS) is 22.1. The SMILES string of the molecule is CC1CCCN(C(=O)N(C)C(C)CC(=N)N)C1. The average Bonchev–Trinajstić information content (AvgIpc) is 2.26. The Balaban J connectivity index is 2.53. The molecule has 1 fully saturated rings. The van der Waals surface area contributed by atoms with Gasteiger partial charge in [-0.3, -0.25) is 5.41 Å². The van der Waals surface area contributed by atoms with E-state index in [-0.39, 0.29) is 17.9 Å². The summed E-state index contributed by atoms with van der Waals surface area (Å²) in [6, 6.07) is 0.0440. The zero-order valence-electron chi connectivity index (χ0n) is 11.1. The van der Waals surface area contributed by atoms with Gasteiger partial charge >= 0.3 is 6.03 Å². The van der Waals surface area contributed by atoms with E-state index in [1.54, 1.807) is 11.9 Å². The lowest BCUT2D eigenvalue weighted by atomic mass is 10.0. The van der Waals surface area contributed by atoms with Gasteiger partial charge in [0.1, 0.15) is 0 Å². The van der Waals surface area contributed by atoms with E-state index in [0.717, 1.165) is 19.5 Å². The van der Waals surface area contributed by atoms with Gasteiger partial charge in [0, 0.05) is 32.6 Å². The standard InChI is InChI=1S/C12H24N4O/c1-9-5-4-6-16(8-9)12(17)15(3)10(2)7-11(13)14/h9-10H,4-8H2,1-3H3,(H3,13,14). The van der Waals surface area contributed by atoms with E-state index in [2.05, 4.69) is 6.92 Å². The lowest BCUT2D eigenvalue weighted by Gasteiger charge is -2.36. The second-order valence-electron chi connectivity index (χ2n) is 5.17. The van der Waals surface area contributed by atoms with Crippen molar-refractivity contribution in [2.24, 2.45) is 11.7 Å². The maximum Gasteiger partial charge on any atom is 0.320 e. The zero-order chi connectivity index (χ0) is 13.0. The smallest absolute Gasteiger partial charge is 0.320 e. The molecule has 98 valence electrons. The summed E-state index contributed by atoms with van der Waals surface area (Å²) in [5, 5.41) is 7.26. The molecule has 0 aliphatic carbocycles. The van der Waals surface area contributed by atoms with Gasteiger partial charge < -0.3 is 15.5 Å². The number of rotatable bonds is 3. The molecule has 2 atom stereocenters. The Hall–Kier alpha value is -1.26. The largest absolute Gasteiger partial charge is 0.388 e. The second-order valence-corrected chi connectivity index (χ2v) is 5.17. The van der Waals surface area contributed by atoms with Gasteiger partial charge in [-0.05, 0) is 25.7 Å². The van der Waals surface area contributed by atoms with Crippen molar-refractivity contribution < 1.29 is 4.79 Å². The molecule has 3 N–H and O–H groups in total. The first kappa shape index (κ1) is 13.8. The number of hydrogen-bond donors (Lipinski definition) is 2. The van der Waals surface area contributed by atoms with Crippen LogP contribution in [0.25, 0.3) is 0 Å². The van der Waals surface area contributed by atoms with Gasteiger partial charge in [-0.1, -0.05) is 6.92 Å². The van der Waals surface area contributed by atoms with Crippen LogP contribution in [-0.2, 0) is 0 Å². The Morgan fingerprint density at radius 2 is 2.29 bits per heavy atom. The number of likely N-dealkylation sites (tertiary alicyclic amines) is 1. The monoisotopic (exact) mass is 240 g/mol. The lowest BCUT2D eigenvalue weighted by molar-refractivity contribution is 0.129. The van der Waals surface area contributed by atoms with Gasteiger partial charge in [0.2, 0.25) is 0 Å². The number of hydrogen-bond acceptors (Lipinski definition) is 2. The molecule has 1 saturated heterocycles. The summed E-state index contributed by atoms with van der Waals surface area (Å²) in [7, 11) is 1.79. The third kappa shape index (κ3) is 3.91. The van der Waals surface area contributed by atoms with Crippen LogP contribution in [0.4, 0.5) is 4.79 Å². The number of nitrogens with one attached hydrogen (secondary N) is 1. The summed E-state index contributed by atoms with van der Waals surface area (Å²) in [5.74, 6) is 0.716. The Kier molecular flexibility index (Phi) is 4.78. The highest BCUT2D eigenvalue weighted by molar-refractivity contribution is 5.79. The highest BCUT2D eigenvalue weighted by Crippen LogP contribution is 2.17. The fourth-order valence-electron chi connectivity index (χ4n) is 2.23. The number of piperidine rings is 1. The van der Waals surface area contributed by atoms with E-state index in [1.807, 2.05) is 11.8 Å². The Morgan fingerprint density at radius 3 is 2.82 bits per heavy atom. The number of urea groups is 1.